The van der Waals surface area contributed by atoms with E-state index in [4.69, 9.17) is 0 Å². The number of halogens is 4. The molecule has 1 aliphatic heterocycles. The Labute approximate surface area is 113 Å². The maximum Gasteiger partial charge on any atom is 0.410 e. The molecule has 0 radical (unpaired) electrons. The van der Waals surface area contributed by atoms with Crippen molar-refractivity contribution in [3.05, 3.63) is 35.6 Å². The van der Waals surface area contributed by atoms with Crippen LogP contribution in [0.1, 0.15) is 31.9 Å². The van der Waals surface area contributed by atoms with E-state index in [1.165, 1.54) is 26.0 Å². The lowest BCUT2D eigenvalue weighted by Gasteiger charge is -2.37. The Hall–Kier alpha value is -1.63. The number of benzene rings is 1. The summed E-state index contributed by atoms with van der Waals surface area (Å²) in [5.74, 6) is -1.47. The Kier molecular flexibility index (Phi) is 3.49. The largest absolute Gasteiger partial charge is 0.410 e. The molecule has 1 aromatic carbocycles. The minimum Gasteiger partial charge on any atom is -0.287 e. The quantitative estimate of drug-likeness (QED) is 0.849. The van der Waals surface area contributed by atoms with Crippen LogP contribution in [0.5, 0.6) is 0 Å². The number of alkyl halides is 3. The number of carbonyl (C=O) groups excluding carboxylic acids is 1. The van der Waals surface area contributed by atoms with Gasteiger partial charge >= 0.3 is 6.18 Å². The highest BCUT2D eigenvalue weighted by Crippen LogP contribution is 2.43. The molecule has 20 heavy (non-hydrogen) atoms. The van der Waals surface area contributed by atoms with E-state index < -0.39 is 35.0 Å². The van der Waals surface area contributed by atoms with Gasteiger partial charge in [-0.15, -0.1) is 0 Å². The lowest BCUT2D eigenvalue weighted by molar-refractivity contribution is -0.204. The van der Waals surface area contributed by atoms with Crippen molar-refractivity contribution in [2.45, 2.75) is 38.0 Å². The third kappa shape index (κ3) is 2.63. The highest BCUT2D eigenvalue weighted by atomic mass is 19.4. The van der Waals surface area contributed by atoms with E-state index in [1.54, 1.807) is 0 Å². The second-order valence-corrected chi connectivity index (χ2v) is 5.36. The zero-order valence-corrected chi connectivity index (χ0v) is 11.0. The minimum atomic E-state index is -4.71. The van der Waals surface area contributed by atoms with E-state index >= 15 is 0 Å². The second kappa shape index (κ2) is 4.73. The number of carbonyl (C=O) groups is 1. The SMILES string of the molecule is CC1(C)CC(=O)NN1C(c1ccccc1F)C(F)(F)F. The van der Waals surface area contributed by atoms with Gasteiger partial charge in [0, 0.05) is 17.5 Å². The third-order valence-corrected chi connectivity index (χ3v) is 3.26. The smallest absolute Gasteiger partial charge is 0.287 e. The van der Waals surface area contributed by atoms with Crippen LogP contribution in [-0.4, -0.2) is 22.6 Å². The molecule has 3 nitrogen and oxygen atoms in total. The Morgan fingerprint density at radius 1 is 1.30 bits per heavy atom. The number of nitrogens with one attached hydrogen (secondary N) is 1. The molecule has 1 heterocycles. The molecule has 0 saturated carbocycles. The highest BCUT2D eigenvalue weighted by Gasteiger charge is 2.53. The minimum absolute atomic E-state index is 0.0754. The summed E-state index contributed by atoms with van der Waals surface area (Å²) in [6, 6.07) is 2.49. The molecular formula is C13H14F4N2O. The zero-order valence-electron chi connectivity index (χ0n) is 11.0. The lowest BCUT2D eigenvalue weighted by Crippen LogP contribution is -2.51. The van der Waals surface area contributed by atoms with Crippen LogP contribution in [0.15, 0.2) is 24.3 Å². The van der Waals surface area contributed by atoms with Crippen LogP contribution in [0.3, 0.4) is 0 Å². The van der Waals surface area contributed by atoms with Crippen LogP contribution in [0.2, 0.25) is 0 Å². The van der Waals surface area contributed by atoms with E-state index in [0.717, 1.165) is 17.1 Å². The van der Waals surface area contributed by atoms with Gasteiger partial charge in [-0.3, -0.25) is 10.2 Å². The van der Waals surface area contributed by atoms with Gasteiger partial charge in [-0.25, -0.2) is 4.39 Å². The lowest BCUT2D eigenvalue weighted by atomic mass is 9.97. The molecule has 2 rings (SSSR count). The summed E-state index contributed by atoms with van der Waals surface area (Å²) in [5, 5.41) is 0.785. The summed E-state index contributed by atoms with van der Waals surface area (Å²) in [7, 11) is 0. The standard InChI is InChI=1S/C13H14F4N2O/c1-12(2)7-10(20)18-19(12)11(13(15,16)17)8-5-3-4-6-9(8)14/h3-6,11H,7H2,1-2H3,(H,18,20). The Balaban J connectivity index is 2.50. The van der Waals surface area contributed by atoms with Crippen molar-refractivity contribution < 1.29 is 22.4 Å². The molecule has 1 atom stereocenters. The summed E-state index contributed by atoms with van der Waals surface area (Å²) in [6.07, 6.45) is -4.79. The van der Waals surface area contributed by atoms with Gasteiger partial charge in [0.1, 0.15) is 5.82 Å². The first kappa shape index (κ1) is 14.8. The van der Waals surface area contributed by atoms with Gasteiger partial charge in [0.15, 0.2) is 6.04 Å². The molecule has 0 bridgehead atoms. The van der Waals surface area contributed by atoms with Crippen LogP contribution in [0, 0.1) is 5.82 Å². The highest BCUT2D eigenvalue weighted by molar-refractivity contribution is 5.79. The molecule has 1 fully saturated rings. The molecule has 110 valence electrons. The van der Waals surface area contributed by atoms with E-state index in [1.807, 2.05) is 0 Å². The molecule has 1 saturated heterocycles. The number of nitrogens with zero attached hydrogens (tertiary/aromatic N) is 1. The summed E-state index contributed by atoms with van der Waals surface area (Å²) < 4.78 is 53.8. The molecule has 1 N–H and O–H groups in total. The van der Waals surface area contributed by atoms with Gasteiger partial charge in [0.05, 0.1) is 0 Å². The fraction of sp³-hybridized carbons (Fsp3) is 0.462. The van der Waals surface area contributed by atoms with Crippen molar-refractivity contribution in [2.75, 3.05) is 0 Å². The van der Waals surface area contributed by atoms with Gasteiger partial charge in [0.25, 0.3) is 0 Å². The van der Waals surface area contributed by atoms with Gasteiger partial charge in [-0.2, -0.15) is 18.2 Å². The molecule has 7 heteroatoms. The van der Waals surface area contributed by atoms with Gasteiger partial charge in [-0.1, -0.05) is 18.2 Å². The number of hydrogen-bond acceptors (Lipinski definition) is 2. The molecule has 1 unspecified atom stereocenters. The first-order valence-electron chi connectivity index (χ1n) is 6.03. The van der Waals surface area contributed by atoms with Crippen molar-refractivity contribution in [1.82, 2.24) is 10.4 Å². The van der Waals surface area contributed by atoms with Gasteiger partial charge in [0.2, 0.25) is 5.91 Å². The van der Waals surface area contributed by atoms with E-state index in [9.17, 15) is 22.4 Å². The average Bonchev–Trinajstić information content (AvgIpc) is 2.53. The van der Waals surface area contributed by atoms with Crippen LogP contribution >= 0.6 is 0 Å². The summed E-state index contributed by atoms with van der Waals surface area (Å²) in [6.45, 7) is 3.01. The zero-order chi connectivity index (χ0) is 15.1. The Morgan fingerprint density at radius 3 is 2.35 bits per heavy atom. The van der Waals surface area contributed by atoms with Gasteiger partial charge in [-0.05, 0) is 19.9 Å². The first-order chi connectivity index (χ1) is 9.13. The van der Waals surface area contributed by atoms with Crippen LogP contribution in [0.25, 0.3) is 0 Å². The first-order valence-corrected chi connectivity index (χ1v) is 6.03. The Morgan fingerprint density at radius 2 is 1.90 bits per heavy atom. The van der Waals surface area contributed by atoms with Gasteiger partial charge < -0.3 is 0 Å². The van der Waals surface area contributed by atoms with Crippen LogP contribution < -0.4 is 5.43 Å². The monoisotopic (exact) mass is 290 g/mol. The average molecular weight is 290 g/mol. The molecule has 1 amide bonds. The van der Waals surface area contributed by atoms with Crippen molar-refractivity contribution in [2.24, 2.45) is 0 Å². The van der Waals surface area contributed by atoms with Crippen molar-refractivity contribution >= 4 is 5.91 Å². The molecule has 0 spiro atoms. The molecule has 1 aliphatic rings. The van der Waals surface area contributed by atoms with Crippen molar-refractivity contribution in [3.63, 3.8) is 0 Å². The third-order valence-electron chi connectivity index (χ3n) is 3.26. The topological polar surface area (TPSA) is 32.3 Å². The maximum absolute atomic E-state index is 13.7. The predicted octanol–water partition coefficient (Wildman–Crippen LogP) is 2.94. The van der Waals surface area contributed by atoms with Crippen molar-refractivity contribution in [1.29, 1.82) is 0 Å². The number of amides is 1. The molecule has 0 aromatic heterocycles. The summed E-state index contributed by atoms with van der Waals surface area (Å²) >= 11 is 0. The number of hydrazine groups is 1. The fourth-order valence-corrected chi connectivity index (χ4v) is 2.38. The van der Waals surface area contributed by atoms with Crippen LogP contribution in [0.4, 0.5) is 17.6 Å². The van der Waals surface area contributed by atoms with Crippen molar-refractivity contribution in [3.8, 4) is 0 Å². The molecule has 1 aromatic rings. The summed E-state index contributed by atoms with van der Waals surface area (Å²) in [5.41, 5.74) is 0.624. The van der Waals surface area contributed by atoms with E-state index in [2.05, 4.69) is 5.43 Å². The molecular weight excluding hydrogens is 276 g/mol. The number of hydrogen-bond donors (Lipinski definition) is 1. The summed E-state index contributed by atoms with van der Waals surface area (Å²) in [4.78, 5) is 11.4. The number of rotatable bonds is 2. The molecule has 0 aliphatic carbocycles. The Bertz CT molecular complexity index is 527. The predicted molar refractivity (Wildman–Crippen MR) is 63.9 cm³/mol. The van der Waals surface area contributed by atoms with E-state index in [0.29, 0.717) is 0 Å². The van der Waals surface area contributed by atoms with Crippen LogP contribution in [-0.2, 0) is 4.79 Å². The normalized spacial score (nSPS) is 20.8. The second-order valence-electron chi connectivity index (χ2n) is 5.36. The fourth-order valence-electron chi connectivity index (χ4n) is 2.38. The van der Waals surface area contributed by atoms with E-state index in [-0.39, 0.29) is 6.42 Å². The maximum atomic E-state index is 13.7.